The molecule has 3 fully saturated rings. The van der Waals surface area contributed by atoms with Crippen LogP contribution < -0.4 is 0 Å². The van der Waals surface area contributed by atoms with E-state index in [1.165, 1.54) is 11.8 Å². The number of hydrazine groups is 1. The van der Waals surface area contributed by atoms with E-state index in [-0.39, 0.29) is 13.2 Å². The van der Waals surface area contributed by atoms with Gasteiger partial charge in [-0.1, -0.05) is 30.3 Å². The second kappa shape index (κ2) is 6.46. The molecule has 3 aliphatic heterocycles. The largest absolute Gasteiger partial charge is 0.463 e. The number of carbonyl (C=O) groups excluding carboxylic acids is 3. The van der Waals surface area contributed by atoms with Crippen molar-refractivity contribution in [3.8, 4) is 0 Å². The van der Waals surface area contributed by atoms with Crippen LogP contribution >= 0.6 is 0 Å². The van der Waals surface area contributed by atoms with E-state index in [1.54, 1.807) is 6.92 Å². The van der Waals surface area contributed by atoms with Gasteiger partial charge in [-0.15, -0.1) is 0 Å². The number of urea groups is 1. The monoisotopic (exact) mass is 389 g/mol. The number of amides is 3. The summed E-state index contributed by atoms with van der Waals surface area (Å²) in [5, 5.41) is 13.5. The highest BCUT2D eigenvalue weighted by atomic mass is 16.7. The van der Waals surface area contributed by atoms with Gasteiger partial charge >= 0.3 is 12.0 Å². The molecule has 0 bridgehead atoms. The van der Waals surface area contributed by atoms with Crippen LogP contribution in [0.1, 0.15) is 32.3 Å². The van der Waals surface area contributed by atoms with E-state index in [4.69, 9.17) is 9.47 Å². The first-order valence-corrected chi connectivity index (χ1v) is 9.39. The number of fused-ring (bicyclic) bond motifs is 3. The smallest absolute Gasteiger partial charge is 0.348 e. The third-order valence-corrected chi connectivity index (χ3v) is 5.49. The van der Waals surface area contributed by atoms with Crippen molar-refractivity contribution >= 4 is 17.9 Å². The number of aliphatic hydroxyl groups is 1. The molecule has 0 radical (unpaired) electrons. The van der Waals surface area contributed by atoms with Gasteiger partial charge in [0.05, 0.1) is 13.2 Å². The highest BCUT2D eigenvalue weighted by Gasteiger charge is 2.72. The molecule has 1 aromatic rings. The molecule has 3 heterocycles. The van der Waals surface area contributed by atoms with Gasteiger partial charge in [0, 0.05) is 6.54 Å². The predicted molar refractivity (Wildman–Crippen MR) is 95.0 cm³/mol. The number of ether oxygens (including phenoxy) is 2. The number of carbonyl (C=O) groups is 3. The van der Waals surface area contributed by atoms with Gasteiger partial charge in [-0.2, -0.15) is 5.01 Å². The van der Waals surface area contributed by atoms with Crippen LogP contribution in [0.3, 0.4) is 0 Å². The van der Waals surface area contributed by atoms with Crippen LogP contribution in [0, 0.1) is 0 Å². The van der Waals surface area contributed by atoms with Crippen LogP contribution in [0.2, 0.25) is 0 Å². The molecular weight excluding hydrogens is 366 g/mol. The van der Waals surface area contributed by atoms with Crippen molar-refractivity contribution in [2.24, 2.45) is 0 Å². The lowest BCUT2D eigenvalue weighted by Crippen LogP contribution is -2.72. The van der Waals surface area contributed by atoms with Crippen molar-refractivity contribution in [2.45, 2.75) is 50.8 Å². The maximum Gasteiger partial charge on any atom is 0.348 e. The lowest BCUT2D eigenvalue weighted by atomic mass is 10.1. The number of hydrogen-bond donors (Lipinski definition) is 1. The number of nitrogens with zero attached hydrogens (tertiary/aromatic N) is 3. The van der Waals surface area contributed by atoms with Crippen LogP contribution in [-0.2, 0) is 25.6 Å². The maximum atomic E-state index is 13.2. The Morgan fingerprint density at radius 2 is 2.04 bits per heavy atom. The number of hydrogen-bond acceptors (Lipinski definition) is 6. The van der Waals surface area contributed by atoms with Gasteiger partial charge < -0.3 is 19.5 Å². The fourth-order valence-corrected chi connectivity index (χ4v) is 4.14. The standard InChI is InChI=1S/C19H23N3O6/c1-3-27-16(24)18(2)15(23)22-19(26,28-18)14-10-7-11-20(14)17(25)21(22)12-13-8-5-4-6-9-13/h4-6,8-9,14,26H,3,7,10-12H2,1-2H3/t14-,18+,19-/m0/s1. The normalized spacial score (nSPS) is 31.8. The lowest BCUT2D eigenvalue weighted by Gasteiger charge is -2.50. The zero-order chi connectivity index (χ0) is 20.1. The van der Waals surface area contributed by atoms with E-state index in [0.717, 1.165) is 15.6 Å². The van der Waals surface area contributed by atoms with Crippen LogP contribution in [-0.4, -0.2) is 68.6 Å². The summed E-state index contributed by atoms with van der Waals surface area (Å²) in [5.41, 5.74) is -1.26. The molecule has 0 unspecified atom stereocenters. The second-order valence-corrected chi connectivity index (χ2v) is 7.31. The van der Waals surface area contributed by atoms with Crippen molar-refractivity contribution in [2.75, 3.05) is 13.2 Å². The van der Waals surface area contributed by atoms with Gasteiger partial charge in [-0.3, -0.25) is 4.79 Å². The molecule has 28 heavy (non-hydrogen) atoms. The van der Waals surface area contributed by atoms with Crippen molar-refractivity contribution < 1.29 is 29.0 Å². The maximum absolute atomic E-state index is 13.2. The minimum atomic E-state index is -2.13. The summed E-state index contributed by atoms with van der Waals surface area (Å²) in [5.74, 6) is -3.83. The van der Waals surface area contributed by atoms with Crippen LogP contribution in [0.25, 0.3) is 0 Å². The third-order valence-electron chi connectivity index (χ3n) is 5.49. The van der Waals surface area contributed by atoms with Crippen LogP contribution in [0.5, 0.6) is 0 Å². The fourth-order valence-electron chi connectivity index (χ4n) is 4.14. The molecule has 9 heteroatoms. The Hall–Kier alpha value is -2.65. The van der Waals surface area contributed by atoms with Crippen molar-refractivity contribution in [3.05, 3.63) is 35.9 Å². The predicted octanol–water partition coefficient (Wildman–Crippen LogP) is 0.828. The Balaban J connectivity index is 1.77. The quantitative estimate of drug-likeness (QED) is 0.605. The van der Waals surface area contributed by atoms with Crippen molar-refractivity contribution in [1.29, 1.82) is 0 Å². The minimum absolute atomic E-state index is 0.0548. The molecule has 0 aromatic heterocycles. The molecule has 0 aliphatic carbocycles. The van der Waals surface area contributed by atoms with E-state index < -0.39 is 35.5 Å². The Morgan fingerprint density at radius 3 is 2.71 bits per heavy atom. The van der Waals surface area contributed by atoms with Gasteiger partial charge in [-0.05, 0) is 32.3 Å². The van der Waals surface area contributed by atoms with Gasteiger partial charge in [0.1, 0.15) is 6.04 Å². The van der Waals surface area contributed by atoms with Gasteiger partial charge in [0.2, 0.25) is 5.60 Å². The molecule has 0 saturated carbocycles. The fraction of sp³-hybridized carbons (Fsp3) is 0.526. The Bertz CT molecular complexity index is 817. The molecule has 3 atom stereocenters. The van der Waals surface area contributed by atoms with Gasteiger partial charge in [0.25, 0.3) is 11.8 Å². The summed E-state index contributed by atoms with van der Waals surface area (Å²) in [4.78, 5) is 40.4. The molecule has 3 amide bonds. The zero-order valence-electron chi connectivity index (χ0n) is 15.8. The summed E-state index contributed by atoms with van der Waals surface area (Å²) in [6.07, 6.45) is 1.13. The zero-order valence-corrected chi connectivity index (χ0v) is 15.8. The molecule has 3 saturated heterocycles. The van der Waals surface area contributed by atoms with Crippen molar-refractivity contribution in [3.63, 3.8) is 0 Å². The van der Waals surface area contributed by atoms with Gasteiger partial charge in [-0.25, -0.2) is 14.6 Å². The molecule has 1 aromatic carbocycles. The Morgan fingerprint density at radius 1 is 1.32 bits per heavy atom. The Labute approximate surface area is 162 Å². The summed E-state index contributed by atoms with van der Waals surface area (Å²) < 4.78 is 10.7. The van der Waals surface area contributed by atoms with E-state index in [1.807, 2.05) is 30.3 Å². The first kappa shape index (κ1) is 18.7. The summed E-state index contributed by atoms with van der Waals surface area (Å²) in [7, 11) is 0. The summed E-state index contributed by atoms with van der Waals surface area (Å²) in [6, 6.07) is 7.96. The van der Waals surface area contributed by atoms with Crippen LogP contribution in [0.4, 0.5) is 4.79 Å². The van der Waals surface area contributed by atoms with E-state index in [0.29, 0.717) is 19.4 Å². The third kappa shape index (κ3) is 2.50. The molecule has 4 rings (SSSR count). The molecular formula is C19H23N3O6. The van der Waals surface area contributed by atoms with E-state index in [2.05, 4.69) is 0 Å². The van der Waals surface area contributed by atoms with E-state index >= 15 is 0 Å². The average Bonchev–Trinajstić information content (AvgIpc) is 3.24. The lowest BCUT2D eigenvalue weighted by molar-refractivity contribution is -0.338. The topological polar surface area (TPSA) is 99.6 Å². The molecule has 9 nitrogen and oxygen atoms in total. The SMILES string of the molecule is CCOC(=O)[C@]1(C)O[C@@]2(O)[C@@H]3CCCN3C(=O)N(Cc3ccccc3)N2C1=O. The highest BCUT2D eigenvalue weighted by Crippen LogP contribution is 2.46. The molecule has 150 valence electrons. The first-order valence-electron chi connectivity index (χ1n) is 9.39. The molecule has 3 aliphatic rings. The van der Waals surface area contributed by atoms with E-state index in [9.17, 15) is 19.5 Å². The van der Waals surface area contributed by atoms with Crippen LogP contribution in [0.15, 0.2) is 30.3 Å². The Kier molecular flexibility index (Phi) is 4.31. The minimum Gasteiger partial charge on any atom is -0.463 e. The highest BCUT2D eigenvalue weighted by molar-refractivity contribution is 6.07. The summed E-state index contributed by atoms with van der Waals surface area (Å²) >= 11 is 0. The molecule has 1 N–H and O–H groups in total. The van der Waals surface area contributed by atoms with Crippen molar-refractivity contribution in [1.82, 2.24) is 14.9 Å². The number of rotatable bonds is 4. The first-order chi connectivity index (χ1) is 13.3. The van der Waals surface area contributed by atoms with Gasteiger partial charge in [0.15, 0.2) is 0 Å². The summed E-state index contributed by atoms with van der Waals surface area (Å²) in [6.45, 7) is 3.45. The molecule has 0 spiro atoms. The number of esters is 1. The average molecular weight is 389 g/mol. The second-order valence-electron chi connectivity index (χ2n) is 7.31. The number of benzene rings is 1.